The Kier molecular flexibility index (Phi) is 5.28. The van der Waals surface area contributed by atoms with E-state index in [0.717, 1.165) is 44.9 Å². The summed E-state index contributed by atoms with van der Waals surface area (Å²) in [6.07, 6.45) is 7.11. The summed E-state index contributed by atoms with van der Waals surface area (Å²) in [6.45, 7) is 2.14. The van der Waals surface area contributed by atoms with Gasteiger partial charge in [0, 0.05) is 38.1 Å². The number of carbonyl (C=O) groups is 1. The summed E-state index contributed by atoms with van der Waals surface area (Å²) in [5, 5.41) is -0.434. The molecule has 1 aliphatic carbocycles. The van der Waals surface area contributed by atoms with E-state index in [0.29, 0.717) is 32.6 Å². The number of rotatable bonds is 3. The first-order chi connectivity index (χ1) is 11.0. The number of likely N-dealkylation sites (tertiary alicyclic amines) is 1. The average Bonchev–Trinajstić information content (AvgIpc) is 3.09. The van der Waals surface area contributed by atoms with Gasteiger partial charge < -0.3 is 10.6 Å². The Labute approximate surface area is 139 Å². The normalized spacial score (nSPS) is 29.1. The smallest absolute Gasteiger partial charge is 0.225 e. The van der Waals surface area contributed by atoms with Crippen LogP contribution in [0.2, 0.25) is 0 Å². The zero-order valence-electron chi connectivity index (χ0n) is 13.8. The van der Waals surface area contributed by atoms with Crippen molar-refractivity contribution in [1.82, 2.24) is 9.21 Å². The summed E-state index contributed by atoms with van der Waals surface area (Å²) in [5.74, 6) is 0.313. The first-order valence-corrected chi connectivity index (χ1v) is 10.5. The molecule has 23 heavy (non-hydrogen) atoms. The van der Waals surface area contributed by atoms with Gasteiger partial charge >= 0.3 is 0 Å². The van der Waals surface area contributed by atoms with Crippen molar-refractivity contribution in [2.24, 2.45) is 11.7 Å². The van der Waals surface area contributed by atoms with Crippen LogP contribution >= 0.6 is 0 Å². The van der Waals surface area contributed by atoms with Crippen LogP contribution in [0.5, 0.6) is 0 Å². The third kappa shape index (κ3) is 3.72. The minimum Gasteiger partial charge on any atom is -0.341 e. The number of amides is 1. The molecule has 3 aliphatic rings. The highest BCUT2D eigenvalue weighted by Crippen LogP contribution is 2.29. The van der Waals surface area contributed by atoms with Crippen molar-refractivity contribution in [3.05, 3.63) is 0 Å². The van der Waals surface area contributed by atoms with Gasteiger partial charge in [-0.25, -0.2) is 12.7 Å². The van der Waals surface area contributed by atoms with Gasteiger partial charge in [-0.1, -0.05) is 12.8 Å². The molecule has 3 rings (SSSR count). The molecular weight excluding hydrogens is 314 g/mol. The highest BCUT2D eigenvalue weighted by Gasteiger charge is 2.39. The number of hydrogen-bond acceptors (Lipinski definition) is 4. The summed E-state index contributed by atoms with van der Waals surface area (Å²) >= 11 is 0. The van der Waals surface area contributed by atoms with Gasteiger partial charge in [0.25, 0.3) is 0 Å². The fraction of sp³-hybridized carbons (Fsp3) is 0.938. The van der Waals surface area contributed by atoms with Crippen LogP contribution in [0.1, 0.15) is 51.4 Å². The maximum atomic E-state index is 12.9. The van der Waals surface area contributed by atoms with Crippen molar-refractivity contribution in [2.75, 3.05) is 26.2 Å². The molecule has 2 saturated heterocycles. The van der Waals surface area contributed by atoms with Crippen LogP contribution in [-0.2, 0) is 14.8 Å². The van der Waals surface area contributed by atoms with Gasteiger partial charge in [-0.15, -0.1) is 0 Å². The van der Waals surface area contributed by atoms with Crippen molar-refractivity contribution in [1.29, 1.82) is 0 Å². The van der Waals surface area contributed by atoms with E-state index >= 15 is 0 Å². The van der Waals surface area contributed by atoms with E-state index in [1.54, 1.807) is 4.31 Å². The van der Waals surface area contributed by atoms with E-state index in [-0.39, 0.29) is 17.9 Å². The molecule has 0 spiro atoms. The molecule has 2 aliphatic heterocycles. The first kappa shape index (κ1) is 17.2. The van der Waals surface area contributed by atoms with Crippen LogP contribution in [0.15, 0.2) is 0 Å². The Bertz CT molecular complexity index is 523. The lowest BCUT2D eigenvalue weighted by Crippen LogP contribution is -2.52. The van der Waals surface area contributed by atoms with Crippen LogP contribution < -0.4 is 5.73 Å². The topological polar surface area (TPSA) is 83.7 Å². The second-order valence-electron chi connectivity index (χ2n) is 7.31. The van der Waals surface area contributed by atoms with Crippen LogP contribution in [0.25, 0.3) is 0 Å². The van der Waals surface area contributed by atoms with Crippen molar-refractivity contribution in [2.45, 2.75) is 62.7 Å². The van der Waals surface area contributed by atoms with E-state index in [1.165, 1.54) is 0 Å². The molecule has 0 aromatic heterocycles. The fourth-order valence-corrected chi connectivity index (χ4v) is 6.13. The third-order valence-electron chi connectivity index (χ3n) is 5.67. The molecule has 3 fully saturated rings. The summed E-state index contributed by atoms with van der Waals surface area (Å²) in [4.78, 5) is 14.4. The van der Waals surface area contributed by atoms with Gasteiger partial charge in [0.1, 0.15) is 0 Å². The van der Waals surface area contributed by atoms with Crippen molar-refractivity contribution >= 4 is 15.9 Å². The van der Waals surface area contributed by atoms with E-state index in [2.05, 4.69) is 0 Å². The largest absolute Gasteiger partial charge is 0.341 e. The number of nitrogens with zero attached hydrogens (tertiary/aromatic N) is 2. The summed E-state index contributed by atoms with van der Waals surface area (Å²) in [6, 6.07) is 0.119. The SMILES string of the molecule is NC1CCN(S(=O)(=O)C2CCCN(C(=O)C3CCCC3)C2)CC1. The van der Waals surface area contributed by atoms with Crippen LogP contribution in [0.3, 0.4) is 0 Å². The van der Waals surface area contributed by atoms with Crippen molar-refractivity contribution in [3.63, 3.8) is 0 Å². The Balaban J connectivity index is 1.64. The lowest BCUT2D eigenvalue weighted by Gasteiger charge is -2.38. The minimum atomic E-state index is -3.31. The summed E-state index contributed by atoms with van der Waals surface area (Å²) < 4.78 is 27.4. The van der Waals surface area contributed by atoms with Gasteiger partial charge in [-0.05, 0) is 38.5 Å². The second-order valence-corrected chi connectivity index (χ2v) is 9.52. The maximum Gasteiger partial charge on any atom is 0.225 e. The molecule has 1 unspecified atom stereocenters. The average molecular weight is 343 g/mol. The molecule has 1 atom stereocenters. The molecule has 2 heterocycles. The zero-order valence-corrected chi connectivity index (χ0v) is 14.6. The number of hydrogen-bond donors (Lipinski definition) is 1. The molecule has 0 radical (unpaired) electrons. The summed E-state index contributed by atoms with van der Waals surface area (Å²) in [5.41, 5.74) is 5.88. The van der Waals surface area contributed by atoms with E-state index in [1.807, 2.05) is 4.90 Å². The molecule has 1 amide bonds. The summed E-state index contributed by atoms with van der Waals surface area (Å²) in [7, 11) is -3.31. The number of sulfonamides is 1. The van der Waals surface area contributed by atoms with E-state index in [4.69, 9.17) is 5.73 Å². The molecule has 7 heteroatoms. The van der Waals surface area contributed by atoms with Crippen molar-refractivity contribution in [3.8, 4) is 0 Å². The van der Waals surface area contributed by atoms with Crippen LogP contribution in [0, 0.1) is 5.92 Å². The lowest BCUT2D eigenvalue weighted by atomic mass is 10.0. The molecular formula is C16H29N3O3S. The number of nitrogens with two attached hydrogens (primary N) is 1. The maximum absolute atomic E-state index is 12.9. The van der Waals surface area contributed by atoms with Gasteiger partial charge in [0.2, 0.25) is 15.9 Å². The minimum absolute atomic E-state index is 0.119. The Hall–Kier alpha value is -0.660. The van der Waals surface area contributed by atoms with Crippen molar-refractivity contribution < 1.29 is 13.2 Å². The Morgan fingerprint density at radius 2 is 1.57 bits per heavy atom. The van der Waals surface area contributed by atoms with Gasteiger partial charge in [0.15, 0.2) is 0 Å². The highest BCUT2D eigenvalue weighted by molar-refractivity contribution is 7.89. The molecule has 0 aromatic carbocycles. The van der Waals surface area contributed by atoms with Gasteiger partial charge in [0.05, 0.1) is 5.25 Å². The Morgan fingerprint density at radius 3 is 2.22 bits per heavy atom. The predicted octanol–water partition coefficient (Wildman–Crippen LogP) is 0.920. The molecule has 2 N–H and O–H groups in total. The van der Waals surface area contributed by atoms with E-state index < -0.39 is 15.3 Å². The first-order valence-electron chi connectivity index (χ1n) is 9.02. The molecule has 132 valence electrons. The molecule has 1 saturated carbocycles. The van der Waals surface area contributed by atoms with Gasteiger partial charge in [-0.3, -0.25) is 4.79 Å². The molecule has 0 bridgehead atoms. The van der Waals surface area contributed by atoms with E-state index in [9.17, 15) is 13.2 Å². The third-order valence-corrected chi connectivity index (χ3v) is 7.99. The van der Waals surface area contributed by atoms with Crippen LogP contribution in [-0.4, -0.2) is 61.0 Å². The van der Waals surface area contributed by atoms with Crippen LogP contribution in [0.4, 0.5) is 0 Å². The fourth-order valence-electron chi connectivity index (χ4n) is 4.15. The Morgan fingerprint density at radius 1 is 0.913 bits per heavy atom. The second kappa shape index (κ2) is 7.07. The number of carbonyl (C=O) groups excluding carboxylic acids is 1. The lowest BCUT2D eigenvalue weighted by molar-refractivity contribution is -0.136. The zero-order chi connectivity index (χ0) is 16.4. The monoisotopic (exact) mass is 343 g/mol. The van der Waals surface area contributed by atoms with Gasteiger partial charge in [-0.2, -0.15) is 0 Å². The quantitative estimate of drug-likeness (QED) is 0.826. The standard InChI is InChI=1S/C16H29N3O3S/c17-14-7-10-19(11-8-14)23(21,22)15-6-3-9-18(12-15)16(20)13-4-1-2-5-13/h13-15H,1-12,17H2. The highest BCUT2D eigenvalue weighted by atomic mass is 32.2. The number of piperidine rings is 2. The molecule has 0 aromatic rings. The predicted molar refractivity (Wildman–Crippen MR) is 89.3 cm³/mol. The molecule has 6 nitrogen and oxygen atoms in total.